The molecule has 2 aromatic rings. The van der Waals surface area contributed by atoms with Crippen LogP contribution in [0.15, 0.2) is 24.3 Å². The molecule has 0 saturated carbocycles. The van der Waals surface area contributed by atoms with Crippen molar-refractivity contribution in [3.05, 3.63) is 29.8 Å². The fourth-order valence-electron chi connectivity index (χ4n) is 3.46. The van der Waals surface area contributed by atoms with Gasteiger partial charge in [-0.1, -0.05) is 0 Å². The van der Waals surface area contributed by atoms with Crippen LogP contribution in [-0.2, 0) is 6.42 Å². The summed E-state index contributed by atoms with van der Waals surface area (Å²) in [6.07, 6.45) is 6.13. The van der Waals surface area contributed by atoms with Crippen molar-refractivity contribution >= 4 is 16.7 Å². The van der Waals surface area contributed by atoms with Crippen LogP contribution < -0.4 is 9.64 Å². The molecule has 0 atom stereocenters. The van der Waals surface area contributed by atoms with E-state index in [9.17, 15) is 0 Å². The van der Waals surface area contributed by atoms with E-state index in [0.717, 1.165) is 43.7 Å². The van der Waals surface area contributed by atoms with Crippen molar-refractivity contribution in [2.24, 2.45) is 0 Å². The van der Waals surface area contributed by atoms with Crippen LogP contribution in [0.1, 0.15) is 31.2 Å². The zero-order valence-corrected chi connectivity index (χ0v) is 15.2. The van der Waals surface area contributed by atoms with Gasteiger partial charge in [-0.3, -0.25) is 0 Å². The molecule has 0 amide bonds. The number of ether oxygens (including phenoxy) is 1. The summed E-state index contributed by atoms with van der Waals surface area (Å²) < 4.78 is 5.37. The van der Waals surface area contributed by atoms with E-state index in [2.05, 4.69) is 36.0 Å². The molecule has 0 aliphatic carbocycles. The van der Waals surface area contributed by atoms with Gasteiger partial charge < -0.3 is 14.5 Å². The highest BCUT2D eigenvalue weighted by atomic mass is 16.5. The second-order valence-corrected chi connectivity index (χ2v) is 6.98. The van der Waals surface area contributed by atoms with E-state index < -0.39 is 0 Å². The van der Waals surface area contributed by atoms with Gasteiger partial charge in [0, 0.05) is 24.5 Å². The van der Waals surface area contributed by atoms with Crippen LogP contribution in [0.5, 0.6) is 5.75 Å². The minimum Gasteiger partial charge on any atom is -0.497 e. The summed E-state index contributed by atoms with van der Waals surface area (Å²) in [5.41, 5.74) is 2.42. The van der Waals surface area contributed by atoms with Crippen molar-refractivity contribution in [3.8, 4) is 5.75 Å². The molecule has 2 heterocycles. The van der Waals surface area contributed by atoms with Crippen LogP contribution in [-0.4, -0.2) is 50.7 Å². The fourth-order valence-corrected chi connectivity index (χ4v) is 3.46. The highest BCUT2D eigenvalue weighted by Crippen LogP contribution is 2.29. The Hall–Kier alpha value is -1.81. The molecule has 1 aliphatic heterocycles. The third-order valence-corrected chi connectivity index (χ3v) is 4.79. The van der Waals surface area contributed by atoms with E-state index >= 15 is 0 Å². The molecule has 1 aromatic heterocycles. The molecule has 4 nitrogen and oxygen atoms in total. The second-order valence-electron chi connectivity index (χ2n) is 6.98. The van der Waals surface area contributed by atoms with E-state index in [1.165, 1.54) is 36.0 Å². The van der Waals surface area contributed by atoms with E-state index in [1.54, 1.807) is 7.11 Å². The van der Waals surface area contributed by atoms with Gasteiger partial charge in [0.15, 0.2) is 0 Å². The number of piperidine rings is 1. The van der Waals surface area contributed by atoms with Crippen LogP contribution in [0.3, 0.4) is 0 Å². The van der Waals surface area contributed by atoms with E-state index in [1.807, 2.05) is 12.1 Å². The molecule has 0 spiro atoms. The molecule has 0 radical (unpaired) electrons. The Labute approximate surface area is 145 Å². The molecule has 3 rings (SSSR count). The van der Waals surface area contributed by atoms with Crippen LogP contribution in [0.2, 0.25) is 0 Å². The molecule has 0 N–H and O–H groups in total. The molecule has 1 aromatic carbocycles. The fraction of sp³-hybridized carbons (Fsp3) is 0.550. The van der Waals surface area contributed by atoms with E-state index in [-0.39, 0.29) is 0 Å². The molecule has 4 heteroatoms. The Morgan fingerprint density at radius 3 is 2.62 bits per heavy atom. The SMILES string of the molecule is COc1ccc2cc(CCCN(C)C)c(N3CCCCC3)nc2c1. The first kappa shape index (κ1) is 17.0. The smallest absolute Gasteiger partial charge is 0.132 e. The number of fused-ring (bicyclic) bond motifs is 1. The molecule has 1 saturated heterocycles. The number of pyridine rings is 1. The van der Waals surface area contributed by atoms with Gasteiger partial charge in [0.2, 0.25) is 0 Å². The van der Waals surface area contributed by atoms with Gasteiger partial charge in [-0.15, -0.1) is 0 Å². The lowest BCUT2D eigenvalue weighted by Crippen LogP contribution is -2.31. The van der Waals surface area contributed by atoms with Crippen LogP contribution >= 0.6 is 0 Å². The highest BCUT2D eigenvalue weighted by Gasteiger charge is 2.17. The lowest BCUT2D eigenvalue weighted by atomic mass is 10.0. The van der Waals surface area contributed by atoms with Crippen LogP contribution in [0, 0.1) is 0 Å². The lowest BCUT2D eigenvalue weighted by Gasteiger charge is -2.30. The zero-order chi connectivity index (χ0) is 16.9. The first-order valence-corrected chi connectivity index (χ1v) is 9.05. The summed E-state index contributed by atoms with van der Waals surface area (Å²) in [5.74, 6) is 2.06. The highest BCUT2D eigenvalue weighted by molar-refractivity contribution is 5.83. The largest absolute Gasteiger partial charge is 0.497 e. The molecule has 24 heavy (non-hydrogen) atoms. The number of aryl methyl sites for hydroxylation is 1. The average molecular weight is 327 g/mol. The monoisotopic (exact) mass is 327 g/mol. The van der Waals surface area contributed by atoms with E-state index in [4.69, 9.17) is 9.72 Å². The summed E-state index contributed by atoms with van der Waals surface area (Å²) in [4.78, 5) is 9.77. The van der Waals surface area contributed by atoms with Crippen LogP contribution in [0.25, 0.3) is 10.9 Å². The number of hydrogen-bond donors (Lipinski definition) is 0. The maximum absolute atomic E-state index is 5.37. The summed E-state index contributed by atoms with van der Waals surface area (Å²) >= 11 is 0. The quantitative estimate of drug-likeness (QED) is 0.808. The van der Waals surface area contributed by atoms with Gasteiger partial charge >= 0.3 is 0 Å². The van der Waals surface area contributed by atoms with Crippen LogP contribution in [0.4, 0.5) is 5.82 Å². The Morgan fingerprint density at radius 1 is 1.12 bits per heavy atom. The molecular weight excluding hydrogens is 298 g/mol. The zero-order valence-electron chi connectivity index (χ0n) is 15.2. The number of methoxy groups -OCH3 is 1. The molecular formula is C20H29N3O. The summed E-state index contributed by atoms with van der Waals surface area (Å²) in [7, 11) is 5.98. The standard InChI is InChI=1S/C20H29N3O/c1-22(2)11-7-8-17-14-16-9-10-18(24-3)15-19(16)21-20(17)23-12-5-4-6-13-23/h9-10,14-15H,4-8,11-13H2,1-3H3. The number of benzene rings is 1. The van der Waals surface area contributed by atoms with Gasteiger partial charge in [-0.2, -0.15) is 0 Å². The van der Waals surface area contributed by atoms with Crippen molar-refractivity contribution in [1.29, 1.82) is 0 Å². The molecule has 1 fully saturated rings. The Bertz CT molecular complexity index is 678. The van der Waals surface area contributed by atoms with Crippen molar-refractivity contribution in [2.45, 2.75) is 32.1 Å². The van der Waals surface area contributed by atoms with Crippen molar-refractivity contribution < 1.29 is 4.74 Å². The van der Waals surface area contributed by atoms with Gasteiger partial charge in [0.1, 0.15) is 11.6 Å². The first-order valence-electron chi connectivity index (χ1n) is 9.05. The molecule has 0 bridgehead atoms. The summed E-state index contributed by atoms with van der Waals surface area (Å²) in [6.45, 7) is 3.37. The maximum Gasteiger partial charge on any atom is 0.132 e. The van der Waals surface area contributed by atoms with Crippen molar-refractivity contribution in [1.82, 2.24) is 9.88 Å². The third-order valence-electron chi connectivity index (χ3n) is 4.79. The topological polar surface area (TPSA) is 28.6 Å². The first-order chi connectivity index (χ1) is 11.7. The number of aromatic nitrogens is 1. The van der Waals surface area contributed by atoms with E-state index in [0.29, 0.717) is 0 Å². The number of hydrogen-bond acceptors (Lipinski definition) is 4. The minimum absolute atomic E-state index is 0.875. The van der Waals surface area contributed by atoms with Gasteiger partial charge in [-0.25, -0.2) is 4.98 Å². The normalized spacial score (nSPS) is 15.2. The van der Waals surface area contributed by atoms with Crippen molar-refractivity contribution in [3.63, 3.8) is 0 Å². The maximum atomic E-state index is 5.37. The summed E-state index contributed by atoms with van der Waals surface area (Å²) in [5, 5.41) is 1.21. The third kappa shape index (κ3) is 3.99. The molecule has 130 valence electrons. The predicted molar refractivity (Wildman–Crippen MR) is 101 cm³/mol. The van der Waals surface area contributed by atoms with Gasteiger partial charge in [-0.05, 0) is 76.5 Å². The number of nitrogens with zero attached hydrogens (tertiary/aromatic N) is 3. The predicted octanol–water partition coefficient (Wildman–Crippen LogP) is 3.73. The van der Waals surface area contributed by atoms with Gasteiger partial charge in [0.25, 0.3) is 0 Å². The Balaban J connectivity index is 1.95. The van der Waals surface area contributed by atoms with Gasteiger partial charge in [0.05, 0.1) is 12.6 Å². The number of rotatable bonds is 6. The van der Waals surface area contributed by atoms with Crippen molar-refractivity contribution in [2.75, 3.05) is 45.7 Å². The Kier molecular flexibility index (Phi) is 5.56. The Morgan fingerprint density at radius 2 is 1.92 bits per heavy atom. The molecule has 0 unspecified atom stereocenters. The number of anilines is 1. The molecule has 1 aliphatic rings. The average Bonchev–Trinajstić information content (AvgIpc) is 2.61. The summed E-state index contributed by atoms with van der Waals surface area (Å²) in [6, 6.07) is 8.53. The minimum atomic E-state index is 0.875. The lowest BCUT2D eigenvalue weighted by molar-refractivity contribution is 0.400. The second kappa shape index (κ2) is 7.84.